The SMILES string of the molecule is CCN1CCN(c2ccc(F)cc2[C@@H](C)NC(=O)C2CCN(Cc3ccccc3)CC2)CC1. The van der Waals surface area contributed by atoms with Crippen molar-refractivity contribution in [2.24, 2.45) is 5.92 Å². The summed E-state index contributed by atoms with van der Waals surface area (Å²) in [5.41, 5.74) is 3.22. The molecular weight excluding hydrogens is 415 g/mol. The van der Waals surface area contributed by atoms with Crippen molar-refractivity contribution in [3.8, 4) is 0 Å². The van der Waals surface area contributed by atoms with E-state index >= 15 is 0 Å². The molecule has 5 nitrogen and oxygen atoms in total. The molecule has 33 heavy (non-hydrogen) atoms. The number of likely N-dealkylation sites (N-methyl/N-ethyl adjacent to an activating group) is 1. The van der Waals surface area contributed by atoms with Gasteiger partial charge in [0.05, 0.1) is 6.04 Å². The summed E-state index contributed by atoms with van der Waals surface area (Å²) < 4.78 is 14.2. The predicted octanol–water partition coefficient (Wildman–Crippen LogP) is 4.06. The Morgan fingerprint density at radius 3 is 2.36 bits per heavy atom. The van der Waals surface area contributed by atoms with E-state index in [-0.39, 0.29) is 23.7 Å². The second kappa shape index (κ2) is 11.1. The summed E-state index contributed by atoms with van der Waals surface area (Å²) in [6.45, 7) is 11.9. The van der Waals surface area contributed by atoms with Crippen LogP contribution in [0, 0.1) is 11.7 Å². The van der Waals surface area contributed by atoms with Crippen molar-refractivity contribution in [3.63, 3.8) is 0 Å². The van der Waals surface area contributed by atoms with Crippen LogP contribution in [-0.2, 0) is 11.3 Å². The van der Waals surface area contributed by atoms with Crippen LogP contribution in [0.4, 0.5) is 10.1 Å². The molecule has 2 aromatic carbocycles. The summed E-state index contributed by atoms with van der Waals surface area (Å²) in [4.78, 5) is 20.2. The Labute approximate surface area is 197 Å². The molecule has 178 valence electrons. The molecule has 4 rings (SSSR count). The van der Waals surface area contributed by atoms with E-state index < -0.39 is 0 Å². The fourth-order valence-electron chi connectivity index (χ4n) is 5.07. The zero-order valence-corrected chi connectivity index (χ0v) is 20.0. The van der Waals surface area contributed by atoms with Crippen molar-refractivity contribution < 1.29 is 9.18 Å². The number of nitrogens with zero attached hydrogens (tertiary/aromatic N) is 3. The molecule has 0 bridgehead atoms. The fraction of sp³-hybridized carbons (Fsp3) is 0.519. The molecule has 0 aliphatic carbocycles. The van der Waals surface area contributed by atoms with Gasteiger partial charge in [-0.3, -0.25) is 9.69 Å². The summed E-state index contributed by atoms with van der Waals surface area (Å²) in [5.74, 6) is -0.145. The lowest BCUT2D eigenvalue weighted by molar-refractivity contribution is -0.127. The third-order valence-electron chi connectivity index (χ3n) is 7.18. The molecule has 0 saturated carbocycles. The van der Waals surface area contributed by atoms with Crippen molar-refractivity contribution in [3.05, 3.63) is 65.5 Å². The Kier molecular flexibility index (Phi) is 7.99. The van der Waals surface area contributed by atoms with Crippen LogP contribution >= 0.6 is 0 Å². The van der Waals surface area contributed by atoms with Gasteiger partial charge in [-0.25, -0.2) is 4.39 Å². The zero-order chi connectivity index (χ0) is 23.2. The first-order valence-electron chi connectivity index (χ1n) is 12.4. The number of amides is 1. The standard InChI is InChI=1S/C27H37FN4O/c1-3-30-15-17-32(18-16-30)26-10-9-24(28)19-25(26)21(2)29-27(33)23-11-13-31(14-12-23)20-22-7-5-4-6-8-22/h4-10,19,21,23H,3,11-18,20H2,1-2H3,(H,29,33)/t21-/m1/s1. The molecule has 2 fully saturated rings. The monoisotopic (exact) mass is 452 g/mol. The van der Waals surface area contributed by atoms with Crippen LogP contribution in [0.2, 0.25) is 0 Å². The van der Waals surface area contributed by atoms with Crippen molar-refractivity contribution in [2.45, 2.75) is 39.3 Å². The van der Waals surface area contributed by atoms with Gasteiger partial charge >= 0.3 is 0 Å². The molecule has 0 unspecified atom stereocenters. The first-order chi connectivity index (χ1) is 16.0. The highest BCUT2D eigenvalue weighted by molar-refractivity contribution is 5.79. The van der Waals surface area contributed by atoms with Gasteiger partial charge in [0.25, 0.3) is 0 Å². The molecule has 2 saturated heterocycles. The highest BCUT2D eigenvalue weighted by atomic mass is 19.1. The Morgan fingerprint density at radius 1 is 1.00 bits per heavy atom. The van der Waals surface area contributed by atoms with Gasteiger partial charge in [0.1, 0.15) is 5.82 Å². The number of nitrogens with one attached hydrogen (secondary N) is 1. The summed E-state index contributed by atoms with van der Waals surface area (Å²) in [6, 6.07) is 15.3. The van der Waals surface area contributed by atoms with E-state index in [1.807, 2.05) is 19.1 Å². The number of anilines is 1. The summed E-state index contributed by atoms with van der Waals surface area (Å²) in [7, 11) is 0. The van der Waals surface area contributed by atoms with Crippen LogP contribution in [0.3, 0.4) is 0 Å². The molecule has 6 heteroatoms. The van der Waals surface area contributed by atoms with Gasteiger partial charge in [-0.05, 0) is 63.2 Å². The minimum atomic E-state index is -0.253. The smallest absolute Gasteiger partial charge is 0.223 e. The maximum Gasteiger partial charge on any atom is 0.223 e. The van der Waals surface area contributed by atoms with E-state index in [2.05, 4.69) is 51.2 Å². The van der Waals surface area contributed by atoms with Crippen LogP contribution in [0.25, 0.3) is 0 Å². The highest BCUT2D eigenvalue weighted by Gasteiger charge is 2.27. The van der Waals surface area contributed by atoms with E-state index in [1.54, 1.807) is 6.07 Å². The van der Waals surface area contributed by atoms with E-state index in [0.717, 1.165) is 76.5 Å². The Balaban J connectivity index is 1.34. The van der Waals surface area contributed by atoms with Gasteiger partial charge in [-0.1, -0.05) is 37.3 Å². The van der Waals surface area contributed by atoms with E-state index in [0.29, 0.717) is 0 Å². The Hall–Kier alpha value is -2.44. The summed E-state index contributed by atoms with van der Waals surface area (Å²) in [6.07, 6.45) is 1.72. The number of rotatable bonds is 7. The highest BCUT2D eigenvalue weighted by Crippen LogP contribution is 2.29. The van der Waals surface area contributed by atoms with Gasteiger partial charge in [0.2, 0.25) is 5.91 Å². The van der Waals surface area contributed by atoms with Crippen LogP contribution in [0.5, 0.6) is 0 Å². The van der Waals surface area contributed by atoms with Crippen molar-refractivity contribution in [1.82, 2.24) is 15.1 Å². The van der Waals surface area contributed by atoms with E-state index in [1.165, 1.54) is 11.6 Å². The molecule has 2 aliphatic rings. The van der Waals surface area contributed by atoms with Crippen LogP contribution in [0.1, 0.15) is 43.9 Å². The topological polar surface area (TPSA) is 38.8 Å². The van der Waals surface area contributed by atoms with Crippen molar-refractivity contribution in [2.75, 3.05) is 50.7 Å². The lowest BCUT2D eigenvalue weighted by atomic mass is 9.94. The second-order valence-corrected chi connectivity index (χ2v) is 9.39. The first-order valence-corrected chi connectivity index (χ1v) is 12.4. The van der Waals surface area contributed by atoms with Gasteiger partial charge in [0, 0.05) is 49.9 Å². The first kappa shape index (κ1) is 23.7. The number of piperidine rings is 1. The van der Waals surface area contributed by atoms with Crippen LogP contribution in [0.15, 0.2) is 48.5 Å². The molecule has 1 N–H and O–H groups in total. The van der Waals surface area contributed by atoms with Gasteiger partial charge in [0.15, 0.2) is 0 Å². The minimum absolute atomic E-state index is 0.0181. The largest absolute Gasteiger partial charge is 0.369 e. The number of likely N-dealkylation sites (tertiary alicyclic amines) is 1. The van der Waals surface area contributed by atoms with Crippen LogP contribution in [-0.4, -0.2) is 61.5 Å². The van der Waals surface area contributed by atoms with Crippen molar-refractivity contribution >= 4 is 11.6 Å². The molecule has 2 aliphatic heterocycles. The Bertz CT molecular complexity index is 906. The molecule has 1 atom stereocenters. The summed E-state index contributed by atoms with van der Waals surface area (Å²) in [5, 5.41) is 3.20. The quantitative estimate of drug-likeness (QED) is 0.688. The zero-order valence-electron chi connectivity index (χ0n) is 20.0. The van der Waals surface area contributed by atoms with Gasteiger partial charge in [-0.2, -0.15) is 0 Å². The molecular formula is C27H37FN4O. The Morgan fingerprint density at radius 2 is 1.70 bits per heavy atom. The van der Waals surface area contributed by atoms with Gasteiger partial charge in [-0.15, -0.1) is 0 Å². The molecule has 0 aromatic heterocycles. The lowest BCUT2D eigenvalue weighted by Gasteiger charge is -2.37. The number of hydrogen-bond donors (Lipinski definition) is 1. The molecule has 2 heterocycles. The van der Waals surface area contributed by atoms with Crippen LogP contribution < -0.4 is 10.2 Å². The van der Waals surface area contributed by atoms with E-state index in [9.17, 15) is 9.18 Å². The van der Waals surface area contributed by atoms with E-state index in [4.69, 9.17) is 0 Å². The minimum Gasteiger partial charge on any atom is -0.369 e. The number of benzene rings is 2. The molecule has 0 radical (unpaired) electrons. The number of hydrogen-bond acceptors (Lipinski definition) is 4. The summed E-state index contributed by atoms with van der Waals surface area (Å²) >= 11 is 0. The fourth-order valence-corrected chi connectivity index (χ4v) is 5.07. The number of piperazine rings is 1. The third-order valence-corrected chi connectivity index (χ3v) is 7.18. The molecule has 1 amide bonds. The molecule has 2 aromatic rings. The number of carbonyl (C=O) groups excluding carboxylic acids is 1. The second-order valence-electron chi connectivity index (χ2n) is 9.39. The maximum absolute atomic E-state index is 14.2. The van der Waals surface area contributed by atoms with Crippen molar-refractivity contribution in [1.29, 1.82) is 0 Å². The number of halogens is 1. The van der Waals surface area contributed by atoms with Gasteiger partial charge < -0.3 is 15.1 Å². The molecule has 0 spiro atoms. The lowest BCUT2D eigenvalue weighted by Crippen LogP contribution is -2.46. The maximum atomic E-state index is 14.2. The number of carbonyl (C=O) groups is 1. The average Bonchev–Trinajstić information content (AvgIpc) is 2.85. The third kappa shape index (κ3) is 6.12. The predicted molar refractivity (Wildman–Crippen MR) is 132 cm³/mol. The average molecular weight is 453 g/mol. The normalized spacial score (nSPS) is 19.4.